The van der Waals surface area contributed by atoms with Crippen LogP contribution in [-0.2, 0) is 9.59 Å². The maximum atomic E-state index is 10.2. The van der Waals surface area contributed by atoms with E-state index in [9.17, 15) is 9.59 Å². The summed E-state index contributed by atoms with van der Waals surface area (Å²) in [6.07, 6.45) is 14.7. The summed E-state index contributed by atoms with van der Waals surface area (Å²) < 4.78 is 0. The van der Waals surface area contributed by atoms with Crippen molar-refractivity contribution in [3.8, 4) is 0 Å². The highest BCUT2D eigenvalue weighted by molar-refractivity contribution is 5.77. The molecule has 1 heterocycles. The number of hydrogen-bond donors (Lipinski definition) is 2. The van der Waals surface area contributed by atoms with E-state index in [4.69, 9.17) is 5.11 Å². The van der Waals surface area contributed by atoms with Gasteiger partial charge in [0.05, 0.1) is 0 Å². The van der Waals surface area contributed by atoms with Crippen molar-refractivity contribution in [1.29, 1.82) is 0 Å². The first kappa shape index (κ1) is 19.9. The molecule has 0 saturated carbocycles. The van der Waals surface area contributed by atoms with Gasteiger partial charge < -0.3 is 10.4 Å². The molecule has 4 nitrogen and oxygen atoms in total. The predicted octanol–water partition coefficient (Wildman–Crippen LogP) is 4.28. The van der Waals surface area contributed by atoms with Crippen molar-refractivity contribution >= 4 is 11.9 Å². The Morgan fingerprint density at radius 1 is 1.00 bits per heavy atom. The Labute approximate surface area is 129 Å². The number of aliphatic carboxylic acids is 1. The highest BCUT2D eigenvalue weighted by atomic mass is 16.4. The summed E-state index contributed by atoms with van der Waals surface area (Å²) in [5, 5.41) is 11.1. The first-order chi connectivity index (χ1) is 10.2. The third-order valence-corrected chi connectivity index (χ3v) is 3.65. The summed E-state index contributed by atoms with van der Waals surface area (Å²) in [7, 11) is 0. The van der Waals surface area contributed by atoms with Crippen LogP contribution in [0.4, 0.5) is 0 Å². The highest BCUT2D eigenvalue weighted by Gasteiger charge is 2.05. The van der Waals surface area contributed by atoms with Crippen LogP contribution in [0.5, 0.6) is 0 Å². The van der Waals surface area contributed by atoms with Crippen LogP contribution in [0.2, 0.25) is 0 Å². The Bertz CT molecular complexity index is 259. The molecular weight excluding hydrogens is 266 g/mol. The zero-order valence-corrected chi connectivity index (χ0v) is 13.7. The lowest BCUT2D eigenvalue weighted by Crippen LogP contribution is -2.12. The average Bonchev–Trinajstić information content (AvgIpc) is 2.92. The van der Waals surface area contributed by atoms with E-state index >= 15 is 0 Å². The lowest BCUT2D eigenvalue weighted by Gasteiger charge is -2.01. The molecule has 1 amide bonds. The van der Waals surface area contributed by atoms with E-state index in [0.29, 0.717) is 6.42 Å². The van der Waals surface area contributed by atoms with Gasteiger partial charge in [0.2, 0.25) is 5.91 Å². The number of carbonyl (C=O) groups is 2. The van der Waals surface area contributed by atoms with Crippen molar-refractivity contribution in [2.45, 2.75) is 90.4 Å². The van der Waals surface area contributed by atoms with E-state index < -0.39 is 5.97 Å². The second-order valence-corrected chi connectivity index (χ2v) is 5.78. The summed E-state index contributed by atoms with van der Waals surface area (Å²) in [5.74, 6) is -0.454. The van der Waals surface area contributed by atoms with Gasteiger partial charge in [-0.25, -0.2) is 0 Å². The van der Waals surface area contributed by atoms with Crippen LogP contribution in [0.25, 0.3) is 0 Å². The van der Waals surface area contributed by atoms with Crippen LogP contribution in [-0.4, -0.2) is 23.5 Å². The lowest BCUT2D eigenvalue weighted by molar-refractivity contribution is -0.137. The van der Waals surface area contributed by atoms with Crippen molar-refractivity contribution in [2.24, 2.45) is 0 Å². The smallest absolute Gasteiger partial charge is 0.303 e. The molecule has 0 bridgehead atoms. The molecule has 0 radical (unpaired) electrons. The molecule has 1 aliphatic heterocycles. The minimum absolute atomic E-state index is 0.204. The summed E-state index contributed by atoms with van der Waals surface area (Å²) in [5.41, 5.74) is 0. The number of nitrogens with one attached hydrogen (secondary N) is 1. The predicted molar refractivity (Wildman–Crippen MR) is 86.3 cm³/mol. The Balaban J connectivity index is 0.000000547. The fourth-order valence-corrected chi connectivity index (χ4v) is 2.33. The van der Waals surface area contributed by atoms with Gasteiger partial charge in [0.15, 0.2) is 0 Å². The lowest BCUT2D eigenvalue weighted by atomic mass is 10.1. The van der Waals surface area contributed by atoms with Crippen LogP contribution in [0.3, 0.4) is 0 Å². The normalized spacial score (nSPS) is 13.5. The van der Waals surface area contributed by atoms with Gasteiger partial charge in [0.25, 0.3) is 0 Å². The molecule has 1 saturated heterocycles. The first-order valence-electron chi connectivity index (χ1n) is 8.65. The van der Waals surface area contributed by atoms with Crippen molar-refractivity contribution in [1.82, 2.24) is 5.32 Å². The van der Waals surface area contributed by atoms with E-state index in [-0.39, 0.29) is 5.91 Å². The highest BCUT2D eigenvalue weighted by Crippen LogP contribution is 2.11. The second-order valence-electron chi connectivity index (χ2n) is 5.78. The molecule has 0 aliphatic carbocycles. The van der Waals surface area contributed by atoms with Gasteiger partial charge in [0.1, 0.15) is 0 Å². The second kappa shape index (κ2) is 15.3. The molecule has 1 rings (SSSR count). The summed E-state index contributed by atoms with van der Waals surface area (Å²) in [6, 6.07) is 0. The third kappa shape index (κ3) is 16.9. The maximum Gasteiger partial charge on any atom is 0.303 e. The first-order valence-corrected chi connectivity index (χ1v) is 8.65. The molecule has 124 valence electrons. The van der Waals surface area contributed by atoms with Gasteiger partial charge in [-0.15, -0.1) is 0 Å². The molecule has 4 heteroatoms. The number of hydrogen-bond acceptors (Lipinski definition) is 2. The maximum absolute atomic E-state index is 10.2. The molecule has 0 unspecified atom stereocenters. The van der Waals surface area contributed by atoms with Crippen LogP contribution >= 0.6 is 0 Å². The van der Waals surface area contributed by atoms with Crippen molar-refractivity contribution in [3.63, 3.8) is 0 Å². The van der Waals surface area contributed by atoms with E-state index in [1.54, 1.807) is 0 Å². The topological polar surface area (TPSA) is 66.4 Å². The van der Waals surface area contributed by atoms with Gasteiger partial charge in [-0.1, -0.05) is 64.7 Å². The Morgan fingerprint density at radius 2 is 1.52 bits per heavy atom. The monoisotopic (exact) mass is 299 g/mol. The number of rotatable bonds is 11. The van der Waals surface area contributed by atoms with Gasteiger partial charge >= 0.3 is 5.97 Å². The largest absolute Gasteiger partial charge is 0.481 e. The quantitative estimate of drug-likeness (QED) is 0.560. The molecular formula is C17H33NO3. The van der Waals surface area contributed by atoms with Crippen LogP contribution in [0.1, 0.15) is 90.4 Å². The molecule has 0 aromatic rings. The molecule has 0 atom stereocenters. The van der Waals surface area contributed by atoms with Crippen LogP contribution in [0, 0.1) is 0 Å². The molecule has 2 N–H and O–H groups in total. The van der Waals surface area contributed by atoms with E-state index in [1.165, 1.54) is 51.4 Å². The number of unbranched alkanes of at least 4 members (excludes halogenated alkanes) is 9. The summed E-state index contributed by atoms with van der Waals surface area (Å²) in [4.78, 5) is 20.4. The van der Waals surface area contributed by atoms with E-state index in [1.807, 2.05) is 0 Å². The van der Waals surface area contributed by atoms with Gasteiger partial charge in [0, 0.05) is 19.4 Å². The molecule has 0 spiro atoms. The van der Waals surface area contributed by atoms with Crippen molar-refractivity contribution < 1.29 is 14.7 Å². The minimum atomic E-state index is -0.658. The SMILES string of the molecule is CCCCCCCCCCCCC(=O)O.O=C1CCCN1. The van der Waals surface area contributed by atoms with Crippen molar-refractivity contribution in [3.05, 3.63) is 0 Å². The molecule has 0 aromatic heterocycles. The fourth-order valence-electron chi connectivity index (χ4n) is 2.33. The molecule has 1 fully saturated rings. The Kier molecular flexibility index (Phi) is 14.6. The van der Waals surface area contributed by atoms with Crippen molar-refractivity contribution in [2.75, 3.05) is 6.54 Å². The number of carbonyl (C=O) groups excluding carboxylic acids is 1. The van der Waals surface area contributed by atoms with Gasteiger partial charge in [-0.3, -0.25) is 9.59 Å². The number of amides is 1. The number of carboxylic acids is 1. The minimum Gasteiger partial charge on any atom is -0.481 e. The summed E-state index contributed by atoms with van der Waals surface area (Å²) in [6.45, 7) is 3.13. The Hall–Kier alpha value is -1.06. The summed E-state index contributed by atoms with van der Waals surface area (Å²) >= 11 is 0. The average molecular weight is 299 g/mol. The molecule has 21 heavy (non-hydrogen) atoms. The molecule has 0 aromatic carbocycles. The van der Waals surface area contributed by atoms with Crippen LogP contribution in [0.15, 0.2) is 0 Å². The standard InChI is InChI=1S/C13H26O2.C4H7NO/c1-2-3-4-5-6-7-8-9-10-11-12-13(14)15;6-4-2-1-3-5-4/h2-12H2,1H3,(H,14,15);1-3H2,(H,5,6). The number of carboxylic acid groups (broad SMARTS) is 1. The molecule has 1 aliphatic rings. The van der Waals surface area contributed by atoms with Gasteiger partial charge in [-0.2, -0.15) is 0 Å². The van der Waals surface area contributed by atoms with Gasteiger partial charge in [-0.05, 0) is 12.8 Å². The zero-order chi connectivity index (χ0) is 15.8. The van der Waals surface area contributed by atoms with Crippen LogP contribution < -0.4 is 5.32 Å². The Morgan fingerprint density at radius 3 is 1.86 bits per heavy atom. The third-order valence-electron chi connectivity index (χ3n) is 3.65. The van der Waals surface area contributed by atoms with E-state index in [0.717, 1.165) is 32.2 Å². The zero-order valence-electron chi connectivity index (χ0n) is 13.7. The van der Waals surface area contributed by atoms with E-state index in [2.05, 4.69) is 12.2 Å². The fraction of sp³-hybridized carbons (Fsp3) is 0.882.